The van der Waals surface area contributed by atoms with Gasteiger partial charge in [0, 0.05) is 0 Å². The molecule has 0 heterocycles. The highest BCUT2D eigenvalue weighted by Crippen LogP contribution is 2.48. The van der Waals surface area contributed by atoms with E-state index in [4.69, 9.17) is 9.47 Å². The van der Waals surface area contributed by atoms with Gasteiger partial charge in [0.15, 0.2) is 11.6 Å². The van der Waals surface area contributed by atoms with Crippen LogP contribution in [0.25, 0.3) is 0 Å². The maximum atomic E-state index is 15.0. The second-order valence-electron chi connectivity index (χ2n) is 9.13. The summed E-state index contributed by atoms with van der Waals surface area (Å²) < 4.78 is 40.5. The van der Waals surface area contributed by atoms with E-state index in [-0.39, 0.29) is 11.7 Å². The summed E-state index contributed by atoms with van der Waals surface area (Å²) in [4.78, 5) is 12.5. The first-order valence-electron chi connectivity index (χ1n) is 11.7. The van der Waals surface area contributed by atoms with E-state index in [2.05, 4.69) is 19.2 Å². The van der Waals surface area contributed by atoms with Crippen LogP contribution in [0.3, 0.4) is 0 Å². The zero-order valence-corrected chi connectivity index (χ0v) is 18.8. The molecule has 0 aliphatic heterocycles. The minimum atomic E-state index is -1.14. The molecule has 2 aromatic rings. The molecule has 0 N–H and O–H groups in total. The predicted octanol–water partition coefficient (Wildman–Crippen LogP) is 7.23. The first kappa shape index (κ1) is 23.2. The van der Waals surface area contributed by atoms with E-state index < -0.39 is 23.2 Å². The summed E-state index contributed by atoms with van der Waals surface area (Å²) in [6, 6.07) is 9.24. The zero-order valence-electron chi connectivity index (χ0n) is 18.8. The summed E-state index contributed by atoms with van der Waals surface area (Å²) in [6.07, 6.45) is 9.81. The van der Waals surface area contributed by atoms with Gasteiger partial charge < -0.3 is 9.47 Å². The van der Waals surface area contributed by atoms with Crippen molar-refractivity contribution in [2.45, 2.75) is 44.4 Å². The van der Waals surface area contributed by atoms with Crippen molar-refractivity contribution < 1.29 is 23.0 Å². The first-order chi connectivity index (χ1) is 16.0. The fraction of sp³-hybridized carbons (Fsp3) is 0.393. The molecule has 2 aliphatic rings. The maximum absolute atomic E-state index is 15.0. The lowest BCUT2D eigenvalue weighted by molar-refractivity contribution is 0.0728. The summed E-state index contributed by atoms with van der Waals surface area (Å²) in [6.45, 7) is 7.86. The fourth-order valence-corrected chi connectivity index (χ4v) is 5.38. The van der Waals surface area contributed by atoms with Crippen LogP contribution in [-0.2, 0) is 0 Å². The molecular weight excluding hydrogens is 422 g/mol. The lowest BCUT2D eigenvalue weighted by atomic mass is 9.64. The van der Waals surface area contributed by atoms with E-state index in [9.17, 15) is 9.18 Å². The van der Waals surface area contributed by atoms with Gasteiger partial charge in [0.05, 0.1) is 5.56 Å². The summed E-state index contributed by atoms with van der Waals surface area (Å²) in [5.74, 6) is -0.426. The Morgan fingerprint density at radius 2 is 1.61 bits per heavy atom. The summed E-state index contributed by atoms with van der Waals surface area (Å²) in [5.41, 5.74) is -0.0273. The largest absolute Gasteiger partial charge is 0.490 e. The van der Waals surface area contributed by atoms with E-state index in [1.165, 1.54) is 6.07 Å². The molecule has 0 bridgehead atoms. The van der Waals surface area contributed by atoms with E-state index in [0.717, 1.165) is 38.5 Å². The Hall–Kier alpha value is -2.95. The van der Waals surface area contributed by atoms with Crippen LogP contribution >= 0.6 is 0 Å². The van der Waals surface area contributed by atoms with Crippen molar-refractivity contribution in [3.05, 3.63) is 84.5 Å². The van der Waals surface area contributed by atoms with Gasteiger partial charge in [0.25, 0.3) is 0 Å². The molecule has 2 saturated carbocycles. The van der Waals surface area contributed by atoms with E-state index in [1.54, 1.807) is 36.4 Å². The quantitative estimate of drug-likeness (QED) is 0.252. The van der Waals surface area contributed by atoms with E-state index in [1.807, 2.05) is 0 Å². The highest BCUT2D eigenvalue weighted by atomic mass is 19.2. The Morgan fingerprint density at radius 1 is 0.909 bits per heavy atom. The van der Waals surface area contributed by atoms with Crippen molar-refractivity contribution >= 4 is 5.97 Å². The molecule has 4 atom stereocenters. The van der Waals surface area contributed by atoms with Crippen molar-refractivity contribution in [3.63, 3.8) is 0 Å². The van der Waals surface area contributed by atoms with Gasteiger partial charge in [0.2, 0.25) is 0 Å². The monoisotopic (exact) mass is 452 g/mol. The Morgan fingerprint density at radius 3 is 2.33 bits per heavy atom. The van der Waals surface area contributed by atoms with Crippen molar-refractivity contribution in [3.8, 4) is 11.5 Å². The van der Waals surface area contributed by atoms with Crippen LogP contribution in [0.4, 0.5) is 8.78 Å². The smallest absolute Gasteiger partial charge is 0.346 e. The van der Waals surface area contributed by atoms with Crippen LogP contribution in [0.15, 0.2) is 61.7 Å². The van der Waals surface area contributed by atoms with Gasteiger partial charge in [0.1, 0.15) is 18.1 Å². The van der Waals surface area contributed by atoms with Gasteiger partial charge in [-0.2, -0.15) is 0 Å². The molecule has 33 heavy (non-hydrogen) atoms. The number of carbonyl (C=O) groups is 1. The molecule has 4 unspecified atom stereocenters. The number of allylic oxidation sites excluding steroid dienone is 1. The molecule has 0 amide bonds. The number of rotatable bonds is 7. The Labute approximate surface area is 194 Å². The standard InChI is InChI=1S/C28H30F2O3/c1-3-15-32-22-9-11-23(12-10-22)33-28(31)25-14-13-24(26(29)27(25)30)21-8-7-19-16-18(4-2)5-6-20(19)17-21/h3-4,9-14,18-21H,1-2,5-8,15-17H2. The summed E-state index contributed by atoms with van der Waals surface area (Å²) >= 11 is 0. The highest BCUT2D eigenvalue weighted by Gasteiger charge is 2.36. The number of fused-ring (bicyclic) bond motifs is 1. The summed E-state index contributed by atoms with van der Waals surface area (Å²) in [7, 11) is 0. The number of esters is 1. The molecule has 5 heteroatoms. The molecular formula is C28H30F2O3. The molecule has 0 spiro atoms. The van der Waals surface area contributed by atoms with Crippen LogP contribution in [0, 0.1) is 29.4 Å². The molecule has 2 aromatic carbocycles. The van der Waals surface area contributed by atoms with Gasteiger partial charge in [-0.15, -0.1) is 6.58 Å². The molecule has 174 valence electrons. The third-order valence-corrected chi connectivity index (χ3v) is 7.16. The average molecular weight is 453 g/mol. The number of halogens is 2. The molecule has 0 radical (unpaired) electrons. The predicted molar refractivity (Wildman–Crippen MR) is 125 cm³/mol. The van der Waals surface area contributed by atoms with Crippen molar-refractivity contribution in [2.24, 2.45) is 17.8 Å². The van der Waals surface area contributed by atoms with Crippen molar-refractivity contribution in [1.82, 2.24) is 0 Å². The lowest BCUT2D eigenvalue weighted by Gasteiger charge is -2.41. The zero-order chi connectivity index (χ0) is 23.4. The number of hydrogen-bond donors (Lipinski definition) is 0. The van der Waals surface area contributed by atoms with Gasteiger partial charge in [-0.3, -0.25) is 0 Å². The number of benzene rings is 2. The normalized spacial score (nSPS) is 24.4. The third kappa shape index (κ3) is 5.18. The molecule has 3 nitrogen and oxygen atoms in total. The fourth-order valence-electron chi connectivity index (χ4n) is 5.38. The lowest BCUT2D eigenvalue weighted by Crippen LogP contribution is -2.30. The molecule has 4 rings (SSSR count). The van der Waals surface area contributed by atoms with Gasteiger partial charge in [-0.1, -0.05) is 24.8 Å². The van der Waals surface area contributed by atoms with Crippen LogP contribution in [-0.4, -0.2) is 12.6 Å². The molecule has 2 fully saturated rings. The Balaban J connectivity index is 1.43. The summed E-state index contributed by atoms with van der Waals surface area (Å²) in [5, 5.41) is 0. The topological polar surface area (TPSA) is 35.5 Å². The van der Waals surface area contributed by atoms with Gasteiger partial charge in [-0.05, 0) is 98.1 Å². The van der Waals surface area contributed by atoms with Crippen LogP contribution in [0.5, 0.6) is 11.5 Å². The Kier molecular flexibility index (Phi) is 7.26. The van der Waals surface area contributed by atoms with Crippen LogP contribution in [0.2, 0.25) is 0 Å². The molecule has 0 saturated heterocycles. The van der Waals surface area contributed by atoms with Crippen molar-refractivity contribution in [1.29, 1.82) is 0 Å². The van der Waals surface area contributed by atoms with Gasteiger partial charge in [-0.25, -0.2) is 13.6 Å². The number of ether oxygens (including phenoxy) is 2. The third-order valence-electron chi connectivity index (χ3n) is 7.16. The highest BCUT2D eigenvalue weighted by molar-refractivity contribution is 5.91. The molecule has 2 aliphatic carbocycles. The average Bonchev–Trinajstić information content (AvgIpc) is 2.84. The number of carbonyl (C=O) groups excluding carboxylic acids is 1. The first-order valence-corrected chi connectivity index (χ1v) is 11.7. The van der Waals surface area contributed by atoms with Gasteiger partial charge >= 0.3 is 5.97 Å². The van der Waals surface area contributed by atoms with E-state index >= 15 is 4.39 Å². The van der Waals surface area contributed by atoms with Crippen molar-refractivity contribution in [2.75, 3.05) is 6.61 Å². The Bertz CT molecular complexity index is 1010. The second kappa shape index (κ2) is 10.3. The minimum Gasteiger partial charge on any atom is -0.490 e. The van der Waals surface area contributed by atoms with Crippen LogP contribution < -0.4 is 9.47 Å². The SMILES string of the molecule is C=CCOc1ccc(OC(=O)c2ccc(C3CCC4CC(C=C)CCC4C3)c(F)c2F)cc1. The minimum absolute atomic E-state index is 0.0192. The second-order valence-corrected chi connectivity index (χ2v) is 9.13. The molecule has 0 aromatic heterocycles. The van der Waals surface area contributed by atoms with Crippen LogP contribution in [0.1, 0.15) is 60.4 Å². The maximum Gasteiger partial charge on any atom is 0.346 e. The number of hydrogen-bond acceptors (Lipinski definition) is 3. The van der Waals surface area contributed by atoms with E-state index in [0.29, 0.717) is 35.7 Å².